The third-order valence-electron chi connectivity index (χ3n) is 7.18. The lowest BCUT2D eigenvalue weighted by atomic mass is 9.89. The summed E-state index contributed by atoms with van der Waals surface area (Å²) in [6.07, 6.45) is 16.7. The highest BCUT2D eigenvalue weighted by molar-refractivity contribution is 7.93. The van der Waals surface area contributed by atoms with E-state index in [1.165, 1.54) is 23.3 Å². The van der Waals surface area contributed by atoms with Crippen molar-refractivity contribution in [1.82, 2.24) is 4.90 Å². The van der Waals surface area contributed by atoms with E-state index in [-0.39, 0.29) is 0 Å². The number of anilines is 1. The summed E-state index contributed by atoms with van der Waals surface area (Å²) in [4.78, 5) is 4.98. The van der Waals surface area contributed by atoms with Gasteiger partial charge in [0.1, 0.15) is 5.75 Å². The van der Waals surface area contributed by atoms with Gasteiger partial charge in [-0.05, 0) is 92.5 Å². The maximum absolute atomic E-state index is 11.7. The Hall–Kier alpha value is -2.78. The van der Waals surface area contributed by atoms with Gasteiger partial charge in [-0.3, -0.25) is 4.90 Å². The van der Waals surface area contributed by atoms with Crippen LogP contribution in [0.25, 0.3) is 5.57 Å². The molecule has 0 radical (unpaired) electrons. The number of piperazine rings is 1. The van der Waals surface area contributed by atoms with Gasteiger partial charge in [-0.1, -0.05) is 60.2 Å². The van der Waals surface area contributed by atoms with E-state index in [4.69, 9.17) is 8.37 Å². The number of nitrogens with zero attached hydrogens (tertiary/aromatic N) is 2. The molecule has 1 fully saturated rings. The first-order valence-corrected chi connectivity index (χ1v) is 17.6. The van der Waals surface area contributed by atoms with Gasteiger partial charge in [0.15, 0.2) is 0 Å². The second kappa shape index (κ2) is 17.4. The Kier molecular flexibility index (Phi) is 13.9. The average Bonchev–Trinajstić information content (AvgIpc) is 2.97. The Morgan fingerprint density at radius 1 is 0.976 bits per heavy atom. The normalized spacial score (nSPS) is 15.5. The van der Waals surface area contributed by atoms with Gasteiger partial charge in [0, 0.05) is 44.2 Å². The standard InChI is InChI=1S/C34H46N2O4S2/c1-6-7-8-9-10-11-13-29(14-12-27-39-41-4)34(31-17-21-33(22-18-31)40-42(5,37)38)30-15-19-32(20-16-30)36-25-23-35(24-26-36)28(2)3/h6,8-11,15-22,28H,1,7,12-14,23-27H2,2-5H3/b9-8-,11-10-,34-29-. The van der Waals surface area contributed by atoms with E-state index in [9.17, 15) is 8.42 Å². The molecule has 0 spiro atoms. The lowest BCUT2D eigenvalue weighted by Gasteiger charge is -2.38. The van der Waals surface area contributed by atoms with Crippen LogP contribution in [0, 0.1) is 0 Å². The van der Waals surface area contributed by atoms with Gasteiger partial charge >= 0.3 is 10.1 Å². The maximum atomic E-state index is 11.7. The van der Waals surface area contributed by atoms with Crippen LogP contribution < -0.4 is 9.08 Å². The van der Waals surface area contributed by atoms with E-state index in [0.29, 0.717) is 18.4 Å². The highest BCUT2D eigenvalue weighted by Gasteiger charge is 2.20. The number of allylic oxidation sites excluding steroid dienone is 6. The van der Waals surface area contributed by atoms with Gasteiger partial charge in [0.05, 0.1) is 12.9 Å². The van der Waals surface area contributed by atoms with Crippen LogP contribution >= 0.6 is 12.0 Å². The Morgan fingerprint density at radius 2 is 1.60 bits per heavy atom. The van der Waals surface area contributed by atoms with Crippen LogP contribution in [-0.2, 0) is 14.3 Å². The number of hydrogen-bond acceptors (Lipinski definition) is 7. The van der Waals surface area contributed by atoms with Crippen LogP contribution in [0.3, 0.4) is 0 Å². The van der Waals surface area contributed by atoms with Gasteiger partial charge < -0.3 is 13.3 Å². The van der Waals surface area contributed by atoms with Gasteiger partial charge in [-0.2, -0.15) is 8.42 Å². The van der Waals surface area contributed by atoms with Crippen molar-refractivity contribution in [3.05, 3.63) is 102 Å². The molecule has 42 heavy (non-hydrogen) atoms. The van der Waals surface area contributed by atoms with Crippen molar-refractivity contribution in [1.29, 1.82) is 0 Å². The second-order valence-corrected chi connectivity index (χ2v) is 12.8. The van der Waals surface area contributed by atoms with Crippen molar-refractivity contribution in [2.75, 3.05) is 50.2 Å². The lowest BCUT2D eigenvalue weighted by Crippen LogP contribution is -2.48. The zero-order valence-corrected chi connectivity index (χ0v) is 27.1. The first-order valence-electron chi connectivity index (χ1n) is 14.6. The fourth-order valence-corrected chi connectivity index (χ4v) is 5.81. The molecule has 0 bridgehead atoms. The van der Waals surface area contributed by atoms with E-state index in [1.807, 2.05) is 24.5 Å². The number of benzene rings is 2. The number of hydrogen-bond donors (Lipinski definition) is 0. The molecular weight excluding hydrogens is 565 g/mol. The molecule has 0 aliphatic carbocycles. The minimum atomic E-state index is -3.60. The molecule has 1 aliphatic rings. The molecule has 228 valence electrons. The Labute approximate surface area is 258 Å². The van der Waals surface area contributed by atoms with Crippen LogP contribution in [0.15, 0.2) is 91.1 Å². The molecule has 1 saturated heterocycles. The van der Waals surface area contributed by atoms with E-state index < -0.39 is 10.1 Å². The summed E-state index contributed by atoms with van der Waals surface area (Å²) in [6.45, 7) is 13.1. The van der Waals surface area contributed by atoms with E-state index in [1.54, 1.807) is 12.1 Å². The summed E-state index contributed by atoms with van der Waals surface area (Å²) in [6, 6.07) is 16.8. The maximum Gasteiger partial charge on any atom is 0.306 e. The van der Waals surface area contributed by atoms with Crippen molar-refractivity contribution in [3.63, 3.8) is 0 Å². The molecule has 0 N–H and O–H groups in total. The smallest absolute Gasteiger partial charge is 0.306 e. The molecule has 8 heteroatoms. The summed E-state index contributed by atoms with van der Waals surface area (Å²) in [5, 5.41) is 0. The Balaban J connectivity index is 1.98. The average molecular weight is 611 g/mol. The van der Waals surface area contributed by atoms with E-state index in [0.717, 1.165) is 74.8 Å². The second-order valence-electron chi connectivity index (χ2n) is 10.6. The molecule has 0 atom stereocenters. The highest BCUT2D eigenvalue weighted by atomic mass is 32.2. The Morgan fingerprint density at radius 3 is 2.17 bits per heavy atom. The molecule has 1 heterocycles. The lowest BCUT2D eigenvalue weighted by molar-refractivity contribution is 0.209. The molecule has 6 nitrogen and oxygen atoms in total. The van der Waals surface area contributed by atoms with Gasteiger partial charge in [0.25, 0.3) is 0 Å². The predicted octanol–water partition coefficient (Wildman–Crippen LogP) is 7.51. The van der Waals surface area contributed by atoms with Crippen molar-refractivity contribution in [2.45, 2.75) is 45.6 Å². The van der Waals surface area contributed by atoms with Gasteiger partial charge in [-0.25, -0.2) is 0 Å². The zero-order valence-electron chi connectivity index (χ0n) is 25.5. The van der Waals surface area contributed by atoms with Crippen LogP contribution in [0.1, 0.15) is 50.7 Å². The topological polar surface area (TPSA) is 59.1 Å². The van der Waals surface area contributed by atoms with Crippen molar-refractivity contribution < 1.29 is 16.8 Å². The molecule has 1 aliphatic heterocycles. The minimum absolute atomic E-state index is 0.304. The third-order valence-corrected chi connectivity index (χ3v) is 8.08. The summed E-state index contributed by atoms with van der Waals surface area (Å²) in [5.74, 6) is 0.304. The van der Waals surface area contributed by atoms with Crippen LogP contribution in [0.4, 0.5) is 5.69 Å². The van der Waals surface area contributed by atoms with Crippen LogP contribution in [0.5, 0.6) is 5.75 Å². The Bertz CT molecular complexity index is 1310. The molecule has 0 unspecified atom stereocenters. The molecular formula is C34H46N2O4S2. The van der Waals surface area contributed by atoms with Crippen molar-refractivity contribution in [3.8, 4) is 5.75 Å². The van der Waals surface area contributed by atoms with Crippen LogP contribution in [-0.4, -0.2) is 64.7 Å². The SMILES string of the molecule is C=CC/C=C\C=C/C/C(CCCOSC)=C(/c1ccc(OS(C)(=O)=O)cc1)c1ccc(N2CCN(C(C)C)CC2)cc1. The summed E-state index contributed by atoms with van der Waals surface area (Å²) in [5.41, 5.74) is 5.84. The minimum Gasteiger partial charge on any atom is -0.383 e. The quantitative estimate of drug-likeness (QED) is 0.0641. The van der Waals surface area contributed by atoms with E-state index in [2.05, 4.69) is 78.8 Å². The molecule has 3 rings (SSSR count). The number of rotatable bonds is 16. The largest absolute Gasteiger partial charge is 0.383 e. The molecule has 0 aromatic heterocycles. The fourth-order valence-electron chi connectivity index (χ4n) is 5.06. The summed E-state index contributed by atoms with van der Waals surface area (Å²) >= 11 is 1.39. The highest BCUT2D eigenvalue weighted by Crippen LogP contribution is 2.34. The molecule has 0 amide bonds. The molecule has 2 aromatic carbocycles. The fraction of sp³-hybridized carbons (Fsp3) is 0.412. The van der Waals surface area contributed by atoms with Crippen LogP contribution in [0.2, 0.25) is 0 Å². The van der Waals surface area contributed by atoms with Crippen molar-refractivity contribution >= 4 is 33.4 Å². The van der Waals surface area contributed by atoms with Gasteiger partial charge in [-0.15, -0.1) is 6.58 Å². The first kappa shape index (κ1) is 33.7. The monoisotopic (exact) mass is 610 g/mol. The first-order chi connectivity index (χ1) is 20.2. The van der Waals surface area contributed by atoms with E-state index >= 15 is 0 Å². The van der Waals surface area contributed by atoms with Gasteiger partial charge in [0.2, 0.25) is 0 Å². The molecule has 2 aromatic rings. The summed E-state index contributed by atoms with van der Waals surface area (Å²) < 4.78 is 34.1. The molecule has 0 saturated carbocycles. The van der Waals surface area contributed by atoms with Crippen molar-refractivity contribution in [2.24, 2.45) is 0 Å². The third kappa shape index (κ3) is 11.1. The zero-order chi connectivity index (χ0) is 30.4. The summed E-state index contributed by atoms with van der Waals surface area (Å²) in [7, 11) is -3.60. The predicted molar refractivity (Wildman–Crippen MR) is 180 cm³/mol.